The van der Waals surface area contributed by atoms with Gasteiger partial charge in [-0.1, -0.05) is 60.8 Å². The third-order valence-corrected chi connectivity index (χ3v) is 5.99. The quantitative estimate of drug-likeness (QED) is 0.568. The Morgan fingerprint density at radius 3 is 1.67 bits per heavy atom. The van der Waals surface area contributed by atoms with Crippen LogP contribution in [0.3, 0.4) is 0 Å². The van der Waals surface area contributed by atoms with Crippen molar-refractivity contribution in [2.75, 3.05) is 0 Å². The van der Waals surface area contributed by atoms with Gasteiger partial charge in [-0.3, -0.25) is 0 Å². The topological polar surface area (TPSA) is 0 Å². The van der Waals surface area contributed by atoms with Gasteiger partial charge in [0.05, 0.1) is 0 Å². The van der Waals surface area contributed by atoms with Crippen LogP contribution >= 0.6 is 0 Å². The summed E-state index contributed by atoms with van der Waals surface area (Å²) in [5.41, 5.74) is 1.81. The van der Waals surface area contributed by atoms with Crippen LogP contribution in [0.5, 0.6) is 0 Å². The van der Waals surface area contributed by atoms with Gasteiger partial charge in [-0.15, -0.1) is 0 Å². The van der Waals surface area contributed by atoms with Gasteiger partial charge in [0.1, 0.15) is 0 Å². The lowest BCUT2D eigenvalue weighted by atomic mass is 9.46. The van der Waals surface area contributed by atoms with Gasteiger partial charge in [0.25, 0.3) is 0 Å². The molecule has 0 radical (unpaired) electrons. The molecule has 1 aliphatic carbocycles. The second-order valence-corrected chi connectivity index (χ2v) is 6.67. The van der Waals surface area contributed by atoms with Gasteiger partial charge in [0.2, 0.25) is 0 Å². The zero-order valence-electron chi connectivity index (χ0n) is 11.7. The SMILES string of the molecule is CCC(C)(CC)CC1(C)CCC1(C)CC. The normalized spacial score (nSPS) is 36.4. The lowest BCUT2D eigenvalue weighted by molar-refractivity contribution is -0.0879. The highest BCUT2D eigenvalue weighted by Crippen LogP contribution is 2.63. The standard InChI is InChI=1S/C15H30/c1-7-13(4,8-2)12-15(6)11-10-14(15,5)9-3/h7-12H2,1-6H3. The monoisotopic (exact) mass is 210 g/mol. The maximum absolute atomic E-state index is 2.53. The average molecular weight is 210 g/mol. The van der Waals surface area contributed by atoms with Crippen molar-refractivity contribution in [2.45, 2.75) is 80.1 Å². The van der Waals surface area contributed by atoms with Crippen LogP contribution in [0.4, 0.5) is 0 Å². The molecule has 0 bridgehead atoms. The molecule has 15 heavy (non-hydrogen) atoms. The second kappa shape index (κ2) is 4.11. The molecule has 0 saturated heterocycles. The maximum atomic E-state index is 2.53. The van der Waals surface area contributed by atoms with E-state index in [-0.39, 0.29) is 0 Å². The van der Waals surface area contributed by atoms with E-state index in [1.807, 2.05) is 0 Å². The van der Waals surface area contributed by atoms with Crippen molar-refractivity contribution in [3.8, 4) is 0 Å². The first kappa shape index (κ1) is 13.1. The Hall–Kier alpha value is 0. The molecule has 0 aliphatic heterocycles. The van der Waals surface area contributed by atoms with E-state index < -0.39 is 0 Å². The van der Waals surface area contributed by atoms with Crippen molar-refractivity contribution < 1.29 is 0 Å². The molecule has 1 rings (SSSR count). The minimum atomic E-state index is 0.575. The third kappa shape index (κ3) is 2.10. The van der Waals surface area contributed by atoms with Crippen LogP contribution in [-0.4, -0.2) is 0 Å². The first-order chi connectivity index (χ1) is 6.85. The van der Waals surface area contributed by atoms with E-state index in [0.29, 0.717) is 16.2 Å². The molecule has 0 aromatic rings. The van der Waals surface area contributed by atoms with Gasteiger partial charge in [0, 0.05) is 0 Å². The largest absolute Gasteiger partial charge is 0.0649 e. The second-order valence-electron chi connectivity index (χ2n) is 6.67. The van der Waals surface area contributed by atoms with Crippen molar-refractivity contribution in [3.63, 3.8) is 0 Å². The summed E-state index contributed by atoms with van der Waals surface area (Å²) >= 11 is 0. The van der Waals surface area contributed by atoms with Crippen molar-refractivity contribution >= 4 is 0 Å². The maximum Gasteiger partial charge on any atom is -0.0267 e. The molecule has 90 valence electrons. The summed E-state index contributed by atoms with van der Waals surface area (Å²) in [7, 11) is 0. The fourth-order valence-electron chi connectivity index (χ4n) is 3.33. The fraction of sp³-hybridized carbons (Fsp3) is 1.00. The molecule has 1 aliphatic rings. The van der Waals surface area contributed by atoms with Gasteiger partial charge >= 0.3 is 0 Å². The molecule has 0 N–H and O–H groups in total. The molecule has 1 fully saturated rings. The lowest BCUT2D eigenvalue weighted by Gasteiger charge is -2.59. The number of rotatable bonds is 5. The summed E-state index contributed by atoms with van der Waals surface area (Å²) in [4.78, 5) is 0. The molecule has 1 saturated carbocycles. The Balaban J connectivity index is 2.73. The van der Waals surface area contributed by atoms with Gasteiger partial charge < -0.3 is 0 Å². The summed E-state index contributed by atoms with van der Waals surface area (Å²) < 4.78 is 0. The van der Waals surface area contributed by atoms with Crippen LogP contribution in [-0.2, 0) is 0 Å². The van der Waals surface area contributed by atoms with E-state index >= 15 is 0 Å². The van der Waals surface area contributed by atoms with E-state index in [2.05, 4.69) is 41.5 Å². The molecule has 0 amide bonds. The Labute approximate surface area is 96.8 Å². The predicted octanol–water partition coefficient (Wildman–Crippen LogP) is 5.42. The van der Waals surface area contributed by atoms with Crippen molar-refractivity contribution in [2.24, 2.45) is 16.2 Å². The fourth-order valence-corrected chi connectivity index (χ4v) is 3.33. The highest BCUT2D eigenvalue weighted by Gasteiger charge is 2.52. The van der Waals surface area contributed by atoms with Crippen LogP contribution in [0.15, 0.2) is 0 Å². The lowest BCUT2D eigenvalue weighted by Crippen LogP contribution is -2.49. The number of hydrogen-bond acceptors (Lipinski definition) is 0. The highest BCUT2D eigenvalue weighted by molar-refractivity contribution is 5.03. The minimum Gasteiger partial charge on any atom is -0.0649 e. The Kier molecular flexibility index (Phi) is 3.58. The molecular formula is C15H30. The summed E-state index contributed by atoms with van der Waals surface area (Å²) in [5.74, 6) is 0. The average Bonchev–Trinajstić information content (AvgIpc) is 2.26. The molecular weight excluding hydrogens is 180 g/mol. The van der Waals surface area contributed by atoms with Gasteiger partial charge in [-0.25, -0.2) is 0 Å². The van der Waals surface area contributed by atoms with E-state index in [1.165, 1.54) is 38.5 Å². The van der Waals surface area contributed by atoms with Crippen molar-refractivity contribution in [1.29, 1.82) is 0 Å². The van der Waals surface area contributed by atoms with Gasteiger partial charge in [0.15, 0.2) is 0 Å². The molecule has 0 nitrogen and oxygen atoms in total. The van der Waals surface area contributed by atoms with E-state index in [9.17, 15) is 0 Å². The summed E-state index contributed by atoms with van der Waals surface area (Å²) in [5, 5.41) is 0. The highest BCUT2D eigenvalue weighted by atomic mass is 14.6. The Bertz CT molecular complexity index is 210. The zero-order chi connectivity index (χ0) is 11.7. The molecule has 0 heterocycles. The van der Waals surface area contributed by atoms with E-state index in [1.54, 1.807) is 0 Å². The van der Waals surface area contributed by atoms with Crippen molar-refractivity contribution in [3.05, 3.63) is 0 Å². The van der Waals surface area contributed by atoms with Crippen molar-refractivity contribution in [1.82, 2.24) is 0 Å². The van der Waals surface area contributed by atoms with Crippen LogP contribution in [0.25, 0.3) is 0 Å². The van der Waals surface area contributed by atoms with Gasteiger partial charge in [-0.2, -0.15) is 0 Å². The summed E-state index contributed by atoms with van der Waals surface area (Å²) in [6.07, 6.45) is 8.35. The third-order valence-electron chi connectivity index (χ3n) is 5.99. The first-order valence-electron chi connectivity index (χ1n) is 6.85. The molecule has 0 spiro atoms. The summed E-state index contributed by atoms with van der Waals surface area (Å²) in [6.45, 7) is 14.6. The predicted molar refractivity (Wildman–Crippen MR) is 69.0 cm³/mol. The summed E-state index contributed by atoms with van der Waals surface area (Å²) in [6, 6.07) is 0. The smallest absolute Gasteiger partial charge is 0.0267 e. The minimum absolute atomic E-state index is 0.575. The Morgan fingerprint density at radius 2 is 1.40 bits per heavy atom. The Morgan fingerprint density at radius 1 is 0.933 bits per heavy atom. The van der Waals surface area contributed by atoms with Crippen LogP contribution in [0, 0.1) is 16.2 Å². The molecule has 0 aromatic carbocycles. The molecule has 2 unspecified atom stereocenters. The first-order valence-corrected chi connectivity index (χ1v) is 6.85. The molecule has 0 aromatic heterocycles. The van der Waals surface area contributed by atoms with Gasteiger partial charge in [-0.05, 0) is 35.5 Å². The number of hydrogen-bond donors (Lipinski definition) is 0. The van der Waals surface area contributed by atoms with Crippen LogP contribution in [0.1, 0.15) is 80.1 Å². The van der Waals surface area contributed by atoms with Crippen LogP contribution in [0.2, 0.25) is 0 Å². The van der Waals surface area contributed by atoms with E-state index in [0.717, 1.165) is 0 Å². The van der Waals surface area contributed by atoms with E-state index in [4.69, 9.17) is 0 Å². The van der Waals surface area contributed by atoms with Crippen LogP contribution < -0.4 is 0 Å². The zero-order valence-corrected chi connectivity index (χ0v) is 11.7. The molecule has 2 atom stereocenters. The molecule has 0 heteroatoms.